The van der Waals surface area contributed by atoms with E-state index in [-0.39, 0.29) is 9.92 Å². The lowest BCUT2D eigenvalue weighted by Gasteiger charge is -2.26. The third-order valence-electron chi connectivity index (χ3n) is 3.29. The van der Waals surface area contributed by atoms with Crippen LogP contribution in [0.3, 0.4) is 0 Å². The van der Waals surface area contributed by atoms with E-state index >= 15 is 0 Å². The lowest BCUT2D eigenvalue weighted by atomic mass is 10.2. The Hall–Kier alpha value is -0.370. The second kappa shape index (κ2) is 7.26. The van der Waals surface area contributed by atoms with Crippen LogP contribution >= 0.6 is 23.2 Å². The van der Waals surface area contributed by atoms with E-state index in [1.807, 2.05) is 6.92 Å². The van der Waals surface area contributed by atoms with E-state index < -0.39 is 10.0 Å². The van der Waals surface area contributed by atoms with Gasteiger partial charge in [0.15, 0.2) is 0 Å². The highest BCUT2D eigenvalue weighted by Crippen LogP contribution is 2.32. The van der Waals surface area contributed by atoms with Crippen molar-refractivity contribution in [2.75, 3.05) is 32.8 Å². The molecule has 0 radical (unpaired) electrons. The van der Waals surface area contributed by atoms with Gasteiger partial charge in [-0.3, -0.25) is 0 Å². The first-order valence-electron chi connectivity index (χ1n) is 6.74. The monoisotopic (exact) mass is 352 g/mol. The molecule has 118 valence electrons. The van der Waals surface area contributed by atoms with E-state index in [9.17, 15) is 8.42 Å². The lowest BCUT2D eigenvalue weighted by molar-refractivity contribution is 0.0730. The number of nitrogens with zero attached hydrogens (tertiary/aromatic N) is 1. The Kier molecular flexibility index (Phi) is 5.88. The Morgan fingerprint density at radius 1 is 1.29 bits per heavy atom. The number of hydrogen-bond donors (Lipinski definition) is 1. The molecule has 1 N–H and O–H groups in total. The minimum absolute atomic E-state index is 0.100. The standard InChI is InChI=1S/C13H18Cl2N2O3S/c1-2-16-9-10-11(14)3-4-12(13(10)15)21(18,19)17-5-7-20-8-6-17/h3-4,16H,2,5-9H2,1H3. The van der Waals surface area contributed by atoms with E-state index in [1.165, 1.54) is 10.4 Å². The van der Waals surface area contributed by atoms with Crippen molar-refractivity contribution in [2.24, 2.45) is 0 Å². The van der Waals surface area contributed by atoms with Gasteiger partial charge in [-0.05, 0) is 18.7 Å². The molecule has 1 aliphatic rings. The molecular weight excluding hydrogens is 335 g/mol. The van der Waals surface area contributed by atoms with E-state index in [2.05, 4.69) is 5.32 Å². The number of hydrogen-bond acceptors (Lipinski definition) is 4. The summed E-state index contributed by atoms with van der Waals surface area (Å²) < 4.78 is 31.9. The van der Waals surface area contributed by atoms with Gasteiger partial charge in [0.25, 0.3) is 0 Å². The zero-order chi connectivity index (χ0) is 15.5. The molecule has 0 saturated carbocycles. The second-order valence-corrected chi connectivity index (χ2v) is 7.33. The summed E-state index contributed by atoms with van der Waals surface area (Å²) >= 11 is 12.4. The molecule has 5 nitrogen and oxygen atoms in total. The number of nitrogens with one attached hydrogen (secondary N) is 1. The summed E-state index contributed by atoms with van der Waals surface area (Å²) in [7, 11) is -3.62. The van der Waals surface area contributed by atoms with E-state index in [4.69, 9.17) is 27.9 Å². The zero-order valence-electron chi connectivity index (χ0n) is 11.7. The van der Waals surface area contributed by atoms with E-state index in [1.54, 1.807) is 6.07 Å². The van der Waals surface area contributed by atoms with Crippen LogP contribution in [0, 0.1) is 0 Å². The van der Waals surface area contributed by atoms with Gasteiger partial charge in [-0.25, -0.2) is 8.42 Å². The Labute approximate surface area is 135 Å². The van der Waals surface area contributed by atoms with Crippen LogP contribution in [0.5, 0.6) is 0 Å². The molecule has 0 unspecified atom stereocenters. The maximum Gasteiger partial charge on any atom is 0.244 e. The third kappa shape index (κ3) is 3.70. The van der Waals surface area contributed by atoms with Crippen molar-refractivity contribution >= 4 is 33.2 Å². The van der Waals surface area contributed by atoms with Gasteiger partial charge in [0.2, 0.25) is 10.0 Å². The van der Waals surface area contributed by atoms with Crippen molar-refractivity contribution in [2.45, 2.75) is 18.4 Å². The number of halogens is 2. The van der Waals surface area contributed by atoms with E-state index in [0.29, 0.717) is 43.4 Å². The van der Waals surface area contributed by atoms with Crippen molar-refractivity contribution in [1.82, 2.24) is 9.62 Å². The van der Waals surface area contributed by atoms with Gasteiger partial charge in [0.1, 0.15) is 4.90 Å². The molecule has 8 heteroatoms. The molecule has 0 bridgehead atoms. The first-order chi connectivity index (χ1) is 9.98. The third-order valence-corrected chi connectivity index (χ3v) is 6.13. The average Bonchev–Trinajstić information content (AvgIpc) is 2.48. The summed E-state index contributed by atoms with van der Waals surface area (Å²) in [6.45, 7) is 4.60. The van der Waals surface area contributed by atoms with Crippen LogP contribution in [-0.4, -0.2) is 45.6 Å². The molecule has 1 heterocycles. The van der Waals surface area contributed by atoms with E-state index in [0.717, 1.165) is 6.54 Å². The van der Waals surface area contributed by atoms with Crippen LogP contribution in [0.4, 0.5) is 0 Å². The molecule has 0 aliphatic carbocycles. The predicted octanol–water partition coefficient (Wildman–Crippen LogP) is 2.12. The van der Waals surface area contributed by atoms with Crippen LogP contribution in [0.1, 0.15) is 12.5 Å². The fraction of sp³-hybridized carbons (Fsp3) is 0.538. The van der Waals surface area contributed by atoms with Crippen LogP contribution in [0.2, 0.25) is 10.0 Å². The SMILES string of the molecule is CCNCc1c(Cl)ccc(S(=O)(=O)N2CCOCC2)c1Cl. The summed E-state index contributed by atoms with van der Waals surface area (Å²) in [5.41, 5.74) is 0.606. The molecule has 1 aromatic rings. The van der Waals surface area contributed by atoms with Crippen molar-refractivity contribution in [3.05, 3.63) is 27.7 Å². The largest absolute Gasteiger partial charge is 0.379 e. The molecule has 1 aromatic carbocycles. The number of ether oxygens (including phenoxy) is 1. The minimum atomic E-state index is -3.62. The van der Waals surface area contributed by atoms with Crippen molar-refractivity contribution < 1.29 is 13.2 Å². The highest BCUT2D eigenvalue weighted by Gasteiger charge is 2.29. The molecule has 2 rings (SSSR count). The number of rotatable bonds is 5. The Balaban J connectivity index is 2.38. The summed E-state index contributed by atoms with van der Waals surface area (Å²) in [6.07, 6.45) is 0. The zero-order valence-corrected chi connectivity index (χ0v) is 14.1. The fourth-order valence-corrected chi connectivity index (χ4v) is 4.41. The van der Waals surface area contributed by atoms with Crippen LogP contribution in [0.25, 0.3) is 0 Å². The Morgan fingerprint density at radius 2 is 1.95 bits per heavy atom. The smallest absolute Gasteiger partial charge is 0.244 e. The summed E-state index contributed by atoms with van der Waals surface area (Å²) in [4.78, 5) is 0.100. The molecule has 0 spiro atoms. The Morgan fingerprint density at radius 3 is 2.57 bits per heavy atom. The van der Waals surface area contributed by atoms with Crippen molar-refractivity contribution in [3.63, 3.8) is 0 Å². The molecular formula is C13H18Cl2N2O3S. The summed E-state index contributed by atoms with van der Waals surface area (Å²) in [5, 5.41) is 3.76. The summed E-state index contributed by atoms with van der Waals surface area (Å²) in [6, 6.07) is 3.04. The number of benzene rings is 1. The molecule has 0 amide bonds. The van der Waals surface area contributed by atoms with Crippen LogP contribution < -0.4 is 5.32 Å². The normalized spacial score (nSPS) is 17.1. The predicted molar refractivity (Wildman–Crippen MR) is 83.4 cm³/mol. The molecule has 21 heavy (non-hydrogen) atoms. The molecule has 0 aromatic heterocycles. The molecule has 1 aliphatic heterocycles. The highest BCUT2D eigenvalue weighted by atomic mass is 35.5. The number of morpholine rings is 1. The topological polar surface area (TPSA) is 58.6 Å². The van der Waals surface area contributed by atoms with Crippen LogP contribution in [-0.2, 0) is 21.3 Å². The number of sulfonamides is 1. The second-order valence-electron chi connectivity index (χ2n) is 4.63. The molecule has 1 fully saturated rings. The first kappa shape index (κ1) is 17.0. The fourth-order valence-electron chi connectivity index (χ4n) is 2.11. The maximum atomic E-state index is 12.7. The van der Waals surface area contributed by atoms with Gasteiger partial charge < -0.3 is 10.1 Å². The van der Waals surface area contributed by atoms with Gasteiger partial charge >= 0.3 is 0 Å². The Bertz CT molecular complexity index is 602. The van der Waals surface area contributed by atoms with Gasteiger partial charge in [-0.2, -0.15) is 4.31 Å². The highest BCUT2D eigenvalue weighted by molar-refractivity contribution is 7.89. The van der Waals surface area contributed by atoms with Gasteiger partial charge in [0, 0.05) is 30.2 Å². The summed E-state index contributed by atoms with van der Waals surface area (Å²) in [5.74, 6) is 0. The van der Waals surface area contributed by atoms with Gasteiger partial charge in [-0.1, -0.05) is 30.1 Å². The maximum absolute atomic E-state index is 12.7. The quantitative estimate of drug-likeness (QED) is 0.881. The average molecular weight is 353 g/mol. The molecule has 0 atom stereocenters. The van der Waals surface area contributed by atoms with Gasteiger partial charge in [-0.15, -0.1) is 0 Å². The minimum Gasteiger partial charge on any atom is -0.379 e. The van der Waals surface area contributed by atoms with Crippen molar-refractivity contribution in [1.29, 1.82) is 0 Å². The lowest BCUT2D eigenvalue weighted by Crippen LogP contribution is -2.40. The van der Waals surface area contributed by atoms with Crippen molar-refractivity contribution in [3.8, 4) is 0 Å². The van der Waals surface area contributed by atoms with Gasteiger partial charge in [0.05, 0.1) is 18.2 Å². The molecule has 1 saturated heterocycles. The van der Waals surface area contributed by atoms with Crippen LogP contribution in [0.15, 0.2) is 17.0 Å². The first-order valence-corrected chi connectivity index (χ1v) is 8.93.